The van der Waals surface area contributed by atoms with Crippen LogP contribution < -0.4 is 10.1 Å². The molecule has 0 aliphatic carbocycles. The molecule has 1 N–H and O–H groups in total. The Kier molecular flexibility index (Phi) is 6.99. The average molecular weight is 412 g/mol. The quantitative estimate of drug-likeness (QED) is 0.632. The van der Waals surface area contributed by atoms with Crippen molar-refractivity contribution in [2.24, 2.45) is 0 Å². The second kappa shape index (κ2) is 8.99. The van der Waals surface area contributed by atoms with E-state index in [2.05, 4.69) is 45.0 Å². The number of alkyl halides is 1. The molecule has 6 heteroatoms. The van der Waals surface area contributed by atoms with Crippen LogP contribution in [0.2, 0.25) is 0 Å². The Balaban J connectivity index is 2.16. The lowest BCUT2D eigenvalue weighted by molar-refractivity contribution is 0.184. The Hall–Kier alpha value is -1.66. The summed E-state index contributed by atoms with van der Waals surface area (Å²) >= 11 is 8.45. The van der Waals surface area contributed by atoms with Gasteiger partial charge in [0.05, 0.1) is 0 Å². The number of halogens is 2. The number of rotatable bonds is 6. The Labute approximate surface area is 155 Å². The molecule has 0 spiro atoms. The maximum absolute atomic E-state index is 12.2. The molecule has 0 saturated heterocycles. The van der Waals surface area contributed by atoms with Crippen LogP contribution in [0.25, 0.3) is 0 Å². The molecule has 0 aliphatic rings. The Morgan fingerprint density at radius 1 is 1.29 bits per heavy atom. The van der Waals surface area contributed by atoms with E-state index in [0.29, 0.717) is 12.3 Å². The number of benzene rings is 2. The van der Waals surface area contributed by atoms with Gasteiger partial charge in [-0.15, -0.1) is 0 Å². The topological polar surface area (TPSA) is 30.5 Å². The van der Waals surface area contributed by atoms with Crippen molar-refractivity contribution >= 4 is 39.0 Å². The zero-order valence-electron chi connectivity index (χ0n) is 13.6. The van der Waals surface area contributed by atoms with Gasteiger partial charge in [-0.2, -0.15) is 0 Å². The largest absolute Gasteiger partial charge is 0.489 e. The fourth-order valence-corrected chi connectivity index (χ4v) is 2.90. The summed E-state index contributed by atoms with van der Waals surface area (Å²) in [5, 5.41) is 2.87. The highest BCUT2D eigenvalue weighted by Gasteiger charge is 2.11. The maximum Gasteiger partial charge on any atom is 0.263 e. The van der Waals surface area contributed by atoms with E-state index in [1.807, 2.05) is 31.2 Å². The zero-order valence-corrected chi connectivity index (χ0v) is 16.0. The van der Waals surface area contributed by atoms with E-state index in [1.165, 1.54) is 5.56 Å². The van der Waals surface area contributed by atoms with E-state index in [0.717, 1.165) is 27.8 Å². The van der Waals surface area contributed by atoms with Gasteiger partial charge in [0.25, 0.3) is 5.17 Å². The molecule has 2 rings (SSSR count). The molecule has 0 amide bonds. The Morgan fingerprint density at radius 3 is 2.75 bits per heavy atom. The normalized spacial score (nSPS) is 10.3. The van der Waals surface area contributed by atoms with Crippen LogP contribution in [0, 0.1) is 6.92 Å². The summed E-state index contributed by atoms with van der Waals surface area (Å²) in [5.74, 6) is 0.830. The summed E-state index contributed by atoms with van der Waals surface area (Å²) in [5.41, 5.74) is 3.95. The maximum atomic E-state index is 12.2. The third-order valence-electron chi connectivity index (χ3n) is 3.56. The molecule has 3 nitrogen and oxygen atoms in total. The number of thiocarbonyl (C=S) groups is 1. The summed E-state index contributed by atoms with van der Waals surface area (Å²) in [6.07, 6.45) is 0.992. The van der Waals surface area contributed by atoms with Gasteiger partial charge in [0, 0.05) is 15.7 Å². The molecular weight excluding hydrogens is 393 g/mol. The predicted octanol–water partition coefficient (Wildman–Crippen LogP) is 5.54. The molecule has 0 fully saturated rings. The monoisotopic (exact) mass is 411 g/mol. The van der Waals surface area contributed by atoms with Gasteiger partial charge in [-0.25, -0.2) is 4.39 Å². The summed E-state index contributed by atoms with van der Waals surface area (Å²) < 4.78 is 23.7. The van der Waals surface area contributed by atoms with Crippen LogP contribution in [-0.4, -0.2) is 12.0 Å². The molecule has 0 atom stereocenters. The lowest BCUT2D eigenvalue weighted by Gasteiger charge is -2.16. The Morgan fingerprint density at radius 2 is 2.08 bits per heavy atom. The minimum atomic E-state index is -0.964. The van der Waals surface area contributed by atoms with Crippen LogP contribution in [0.4, 0.5) is 10.1 Å². The first kappa shape index (κ1) is 18.7. The van der Waals surface area contributed by atoms with Gasteiger partial charge in [0.15, 0.2) is 0 Å². The van der Waals surface area contributed by atoms with Crippen molar-refractivity contribution in [2.75, 3.05) is 12.2 Å². The van der Waals surface area contributed by atoms with Crippen LogP contribution >= 0.6 is 28.1 Å². The molecule has 0 aromatic heterocycles. The second-order valence-electron chi connectivity index (χ2n) is 5.17. The van der Waals surface area contributed by atoms with Crippen molar-refractivity contribution in [3.8, 4) is 5.75 Å². The molecule has 128 valence electrons. The summed E-state index contributed by atoms with van der Waals surface area (Å²) in [6, 6.07) is 11.8. The van der Waals surface area contributed by atoms with E-state index < -0.39 is 6.86 Å². The first-order valence-electron chi connectivity index (χ1n) is 7.54. The third-order valence-corrected chi connectivity index (χ3v) is 4.52. The van der Waals surface area contributed by atoms with Gasteiger partial charge in [-0.1, -0.05) is 41.1 Å². The Bertz CT molecular complexity index is 724. The van der Waals surface area contributed by atoms with Crippen molar-refractivity contribution in [3.05, 3.63) is 57.6 Å². The summed E-state index contributed by atoms with van der Waals surface area (Å²) in [7, 11) is 0. The van der Waals surface area contributed by atoms with E-state index in [9.17, 15) is 4.39 Å². The third kappa shape index (κ3) is 4.92. The zero-order chi connectivity index (χ0) is 17.5. The van der Waals surface area contributed by atoms with Crippen molar-refractivity contribution in [1.82, 2.24) is 0 Å². The van der Waals surface area contributed by atoms with E-state index >= 15 is 0 Å². The first-order chi connectivity index (χ1) is 11.5. The van der Waals surface area contributed by atoms with Crippen molar-refractivity contribution in [2.45, 2.75) is 26.9 Å². The minimum Gasteiger partial charge on any atom is -0.489 e. The van der Waals surface area contributed by atoms with Crippen LogP contribution in [-0.2, 0) is 17.8 Å². The van der Waals surface area contributed by atoms with E-state index in [-0.39, 0.29) is 5.17 Å². The van der Waals surface area contributed by atoms with E-state index in [4.69, 9.17) is 17.0 Å². The van der Waals surface area contributed by atoms with Gasteiger partial charge >= 0.3 is 0 Å². The number of hydrogen-bond acceptors (Lipinski definition) is 3. The molecule has 24 heavy (non-hydrogen) atoms. The van der Waals surface area contributed by atoms with Crippen molar-refractivity contribution in [3.63, 3.8) is 0 Å². The standard InChI is InChI=1S/C18H19BrFNO2S/c1-3-13-7-8-17(12(2)9-13)22-10-14-15(19)5-4-6-16(14)21-18(24)23-11-20/h4-9H,3,10-11H2,1-2H3,(H,21,24). The molecular formula is C18H19BrFNO2S. The van der Waals surface area contributed by atoms with Crippen LogP contribution in [0.3, 0.4) is 0 Å². The molecule has 2 aromatic rings. The fraction of sp³-hybridized carbons (Fsp3) is 0.278. The smallest absolute Gasteiger partial charge is 0.263 e. The first-order valence-corrected chi connectivity index (χ1v) is 8.74. The summed E-state index contributed by atoms with van der Waals surface area (Å²) in [4.78, 5) is 0. The molecule has 2 aromatic carbocycles. The highest BCUT2D eigenvalue weighted by molar-refractivity contribution is 9.10. The SMILES string of the molecule is CCc1ccc(OCc2c(Br)cccc2NC(=S)OCF)c(C)c1. The lowest BCUT2D eigenvalue weighted by atomic mass is 10.1. The molecule has 0 saturated carbocycles. The van der Waals surface area contributed by atoms with Gasteiger partial charge in [0.2, 0.25) is 6.86 Å². The highest BCUT2D eigenvalue weighted by atomic mass is 79.9. The second-order valence-corrected chi connectivity index (χ2v) is 6.40. The number of anilines is 1. The molecule has 0 radical (unpaired) electrons. The minimum absolute atomic E-state index is 0.0136. The van der Waals surface area contributed by atoms with Crippen molar-refractivity contribution < 1.29 is 13.9 Å². The van der Waals surface area contributed by atoms with Gasteiger partial charge in [-0.05, 0) is 54.9 Å². The summed E-state index contributed by atoms with van der Waals surface area (Å²) in [6.45, 7) is 3.53. The molecule has 0 unspecified atom stereocenters. The highest BCUT2D eigenvalue weighted by Crippen LogP contribution is 2.28. The van der Waals surface area contributed by atoms with Gasteiger partial charge in [0.1, 0.15) is 12.4 Å². The lowest BCUT2D eigenvalue weighted by Crippen LogP contribution is -2.14. The van der Waals surface area contributed by atoms with Gasteiger partial charge < -0.3 is 14.8 Å². The molecule has 0 aliphatic heterocycles. The number of ether oxygens (including phenoxy) is 2. The fourth-order valence-electron chi connectivity index (χ4n) is 2.26. The van der Waals surface area contributed by atoms with Crippen molar-refractivity contribution in [1.29, 1.82) is 0 Å². The average Bonchev–Trinajstić information content (AvgIpc) is 2.55. The molecule has 0 heterocycles. The predicted molar refractivity (Wildman–Crippen MR) is 102 cm³/mol. The van der Waals surface area contributed by atoms with E-state index in [1.54, 1.807) is 0 Å². The van der Waals surface area contributed by atoms with Crippen LogP contribution in [0.5, 0.6) is 5.75 Å². The van der Waals surface area contributed by atoms with Crippen LogP contribution in [0.15, 0.2) is 40.9 Å². The number of hydrogen-bond donors (Lipinski definition) is 1. The van der Waals surface area contributed by atoms with Crippen LogP contribution in [0.1, 0.15) is 23.6 Å². The number of nitrogens with one attached hydrogen (secondary N) is 1. The number of aryl methyl sites for hydroxylation is 2. The van der Waals surface area contributed by atoms with Gasteiger partial charge in [-0.3, -0.25) is 0 Å². The molecule has 0 bridgehead atoms.